The Kier molecular flexibility index (Phi) is 6.54. The maximum atomic E-state index is 2.41. The van der Waals surface area contributed by atoms with Crippen LogP contribution >= 0.6 is 0 Å². The molecule has 0 unspecified atom stereocenters. The second-order valence-electron chi connectivity index (χ2n) is 12.1. The predicted octanol–water partition coefficient (Wildman–Crippen LogP) is 13.0. The monoisotopic (exact) mass is 597 g/mol. The molecule has 8 aromatic rings. The zero-order valence-corrected chi connectivity index (χ0v) is 25.8. The average molecular weight is 598 g/mol. The second kappa shape index (κ2) is 11.3. The molecule has 0 bridgehead atoms. The highest BCUT2D eigenvalue weighted by molar-refractivity contribution is 6.17. The molecule has 0 amide bonds. The fourth-order valence-electron chi connectivity index (χ4n) is 7.24. The standard InChI is InChI=1S/C46H31N/c1-3-12-32(13-4-1)34-22-26-36(27-23-34)47(37-28-24-35(25-29-37)33-14-5-2-6-15-33)45-31-30-43-41-19-10-8-17-39(41)38-16-7-9-18-40(38)42-20-11-21-44(45)46(42)43/h1-31H. The van der Waals surface area contributed by atoms with Crippen molar-refractivity contribution < 1.29 is 0 Å². The quantitative estimate of drug-likeness (QED) is 0.191. The van der Waals surface area contributed by atoms with Crippen molar-refractivity contribution >= 4 is 27.8 Å². The Bertz CT molecular complexity index is 2240. The van der Waals surface area contributed by atoms with Gasteiger partial charge in [0.1, 0.15) is 0 Å². The summed E-state index contributed by atoms with van der Waals surface area (Å²) in [6, 6.07) is 68.2. The molecule has 8 aromatic carbocycles. The third kappa shape index (κ3) is 4.64. The van der Waals surface area contributed by atoms with Gasteiger partial charge in [-0.25, -0.2) is 0 Å². The topological polar surface area (TPSA) is 3.24 Å². The number of fused-ring (bicyclic) bond motifs is 5. The van der Waals surface area contributed by atoms with Crippen molar-refractivity contribution in [2.75, 3.05) is 4.90 Å². The van der Waals surface area contributed by atoms with E-state index in [1.54, 1.807) is 0 Å². The molecule has 0 N–H and O–H groups in total. The average Bonchev–Trinajstić information content (AvgIpc) is 3.28. The van der Waals surface area contributed by atoms with Gasteiger partial charge >= 0.3 is 0 Å². The highest BCUT2D eigenvalue weighted by Gasteiger charge is 2.24. The van der Waals surface area contributed by atoms with E-state index in [4.69, 9.17) is 0 Å². The fourth-order valence-corrected chi connectivity index (χ4v) is 7.24. The molecule has 0 aromatic heterocycles. The van der Waals surface area contributed by atoms with Crippen LogP contribution in [0.5, 0.6) is 0 Å². The Morgan fingerprint density at radius 2 is 0.638 bits per heavy atom. The number of anilines is 3. The fraction of sp³-hybridized carbons (Fsp3) is 0. The van der Waals surface area contributed by atoms with Gasteiger partial charge in [0, 0.05) is 16.8 Å². The van der Waals surface area contributed by atoms with Gasteiger partial charge in [-0.05, 0) is 91.4 Å². The minimum Gasteiger partial charge on any atom is -0.310 e. The van der Waals surface area contributed by atoms with E-state index in [9.17, 15) is 0 Å². The molecular weight excluding hydrogens is 567 g/mol. The highest BCUT2D eigenvalue weighted by atomic mass is 15.1. The van der Waals surface area contributed by atoms with E-state index in [1.165, 1.54) is 66.4 Å². The lowest BCUT2D eigenvalue weighted by Gasteiger charge is -2.28. The molecule has 0 radical (unpaired) electrons. The Labute approximate surface area is 275 Å². The zero-order valence-electron chi connectivity index (χ0n) is 25.8. The van der Waals surface area contributed by atoms with Crippen molar-refractivity contribution in [3.8, 4) is 55.6 Å². The third-order valence-corrected chi connectivity index (χ3v) is 9.45. The third-order valence-electron chi connectivity index (χ3n) is 9.45. The van der Waals surface area contributed by atoms with Crippen molar-refractivity contribution in [2.45, 2.75) is 0 Å². The molecule has 0 aliphatic heterocycles. The Hall–Kier alpha value is -6.18. The minimum atomic E-state index is 1.12. The molecule has 220 valence electrons. The van der Waals surface area contributed by atoms with Crippen LogP contribution in [0.3, 0.4) is 0 Å². The summed E-state index contributed by atoms with van der Waals surface area (Å²) in [5.74, 6) is 0. The summed E-state index contributed by atoms with van der Waals surface area (Å²) in [6.07, 6.45) is 0. The zero-order chi connectivity index (χ0) is 31.2. The van der Waals surface area contributed by atoms with Gasteiger partial charge in [-0.1, -0.05) is 158 Å². The molecule has 1 heteroatoms. The SMILES string of the molecule is c1ccc(-c2ccc(N(c3ccc(-c4ccccc4)cc3)c3ccc4c5c(cccc35)-c3ccccc3-c3ccccc3-4)cc2)cc1. The van der Waals surface area contributed by atoms with Gasteiger partial charge in [0.05, 0.1) is 5.69 Å². The Morgan fingerprint density at radius 3 is 1.13 bits per heavy atom. The van der Waals surface area contributed by atoms with Gasteiger partial charge in [-0.3, -0.25) is 0 Å². The molecule has 1 aliphatic rings. The van der Waals surface area contributed by atoms with Crippen LogP contribution in [0.2, 0.25) is 0 Å². The van der Waals surface area contributed by atoms with Gasteiger partial charge in [0.15, 0.2) is 0 Å². The van der Waals surface area contributed by atoms with Crippen LogP contribution in [0.1, 0.15) is 0 Å². The molecule has 1 aliphatic carbocycles. The highest BCUT2D eigenvalue weighted by Crippen LogP contribution is 2.50. The van der Waals surface area contributed by atoms with Gasteiger partial charge in [-0.2, -0.15) is 0 Å². The van der Waals surface area contributed by atoms with Crippen LogP contribution in [0.15, 0.2) is 188 Å². The molecular formula is C46H31N. The summed E-state index contributed by atoms with van der Waals surface area (Å²) in [4.78, 5) is 2.41. The first-order valence-electron chi connectivity index (χ1n) is 16.2. The van der Waals surface area contributed by atoms with E-state index in [2.05, 4.69) is 193 Å². The van der Waals surface area contributed by atoms with Crippen molar-refractivity contribution in [1.82, 2.24) is 0 Å². The van der Waals surface area contributed by atoms with Crippen molar-refractivity contribution in [3.05, 3.63) is 188 Å². The van der Waals surface area contributed by atoms with Gasteiger partial charge in [-0.15, -0.1) is 0 Å². The summed E-state index contributed by atoms with van der Waals surface area (Å²) in [7, 11) is 0. The van der Waals surface area contributed by atoms with E-state index in [-0.39, 0.29) is 0 Å². The van der Waals surface area contributed by atoms with Crippen LogP contribution in [-0.2, 0) is 0 Å². The van der Waals surface area contributed by atoms with Crippen molar-refractivity contribution in [3.63, 3.8) is 0 Å². The van der Waals surface area contributed by atoms with Gasteiger partial charge in [0.25, 0.3) is 0 Å². The molecule has 1 nitrogen and oxygen atoms in total. The molecule has 0 fully saturated rings. The first-order chi connectivity index (χ1) is 23.3. The van der Waals surface area contributed by atoms with Crippen LogP contribution in [-0.4, -0.2) is 0 Å². The Balaban J connectivity index is 1.27. The summed E-state index contributed by atoms with van der Waals surface area (Å²) in [5, 5.41) is 2.51. The van der Waals surface area contributed by atoms with Crippen molar-refractivity contribution in [1.29, 1.82) is 0 Å². The summed E-state index contributed by atoms with van der Waals surface area (Å²) in [5.41, 5.74) is 15.9. The van der Waals surface area contributed by atoms with E-state index in [0.717, 1.165) is 17.1 Å². The summed E-state index contributed by atoms with van der Waals surface area (Å²) >= 11 is 0. The van der Waals surface area contributed by atoms with E-state index < -0.39 is 0 Å². The van der Waals surface area contributed by atoms with Crippen LogP contribution in [0.4, 0.5) is 17.1 Å². The first kappa shape index (κ1) is 27.2. The minimum absolute atomic E-state index is 1.12. The molecule has 47 heavy (non-hydrogen) atoms. The first-order valence-corrected chi connectivity index (χ1v) is 16.2. The van der Waals surface area contributed by atoms with Gasteiger partial charge < -0.3 is 4.90 Å². The van der Waals surface area contributed by atoms with E-state index in [0.29, 0.717) is 0 Å². The Morgan fingerprint density at radius 1 is 0.255 bits per heavy atom. The lowest BCUT2D eigenvalue weighted by atomic mass is 9.92. The molecule has 0 saturated heterocycles. The molecule has 0 heterocycles. The summed E-state index contributed by atoms with van der Waals surface area (Å²) < 4.78 is 0. The molecule has 0 atom stereocenters. The maximum absolute atomic E-state index is 2.41. The number of nitrogens with zero attached hydrogens (tertiary/aromatic N) is 1. The number of benzene rings is 8. The number of hydrogen-bond acceptors (Lipinski definition) is 1. The smallest absolute Gasteiger partial charge is 0.0540 e. The van der Waals surface area contributed by atoms with Gasteiger partial charge in [0.2, 0.25) is 0 Å². The second-order valence-corrected chi connectivity index (χ2v) is 12.1. The van der Waals surface area contributed by atoms with E-state index in [1.807, 2.05) is 0 Å². The largest absolute Gasteiger partial charge is 0.310 e. The van der Waals surface area contributed by atoms with Crippen LogP contribution < -0.4 is 4.90 Å². The lowest BCUT2D eigenvalue weighted by Crippen LogP contribution is -2.10. The van der Waals surface area contributed by atoms with E-state index >= 15 is 0 Å². The maximum Gasteiger partial charge on any atom is 0.0540 e. The van der Waals surface area contributed by atoms with Crippen molar-refractivity contribution in [2.24, 2.45) is 0 Å². The number of hydrogen-bond donors (Lipinski definition) is 0. The normalized spacial score (nSPS) is 11.4. The summed E-state index contributed by atoms with van der Waals surface area (Å²) in [6.45, 7) is 0. The molecule has 0 spiro atoms. The molecule has 0 saturated carbocycles. The van der Waals surface area contributed by atoms with Crippen LogP contribution in [0, 0.1) is 0 Å². The number of rotatable bonds is 5. The lowest BCUT2D eigenvalue weighted by molar-refractivity contribution is 1.30. The predicted molar refractivity (Wildman–Crippen MR) is 199 cm³/mol. The van der Waals surface area contributed by atoms with Crippen LogP contribution in [0.25, 0.3) is 66.4 Å². The molecule has 9 rings (SSSR count).